The molecular weight excluding hydrogens is 397 g/mol. The van der Waals surface area contributed by atoms with Gasteiger partial charge in [0.05, 0.1) is 20.2 Å². The topological polar surface area (TPSA) is 86.5 Å². The van der Waals surface area contributed by atoms with Gasteiger partial charge >= 0.3 is 6.09 Å². The standard InChI is InChI=1S/C18H19Cl2NO4S/c1-18(2,25-17(21)22)11-15(13-9-6-10-14(19)16(13)20)26(23,24)12-7-4-3-5-8-12/h3-10,15H,11H2,1-2H3,(H2,21,22). The van der Waals surface area contributed by atoms with E-state index < -0.39 is 26.8 Å². The van der Waals surface area contributed by atoms with Gasteiger partial charge in [0.1, 0.15) is 5.60 Å². The molecule has 0 saturated carbocycles. The van der Waals surface area contributed by atoms with Crippen molar-refractivity contribution in [1.29, 1.82) is 0 Å². The van der Waals surface area contributed by atoms with Crippen LogP contribution in [0.2, 0.25) is 10.0 Å². The Balaban J connectivity index is 2.59. The largest absolute Gasteiger partial charge is 0.444 e. The third-order valence-corrected chi connectivity index (χ3v) is 6.76. The normalized spacial score (nSPS) is 13.2. The lowest BCUT2D eigenvalue weighted by Crippen LogP contribution is -2.34. The van der Waals surface area contributed by atoms with E-state index in [9.17, 15) is 13.2 Å². The number of ether oxygens (including phenoxy) is 1. The molecule has 140 valence electrons. The summed E-state index contributed by atoms with van der Waals surface area (Å²) >= 11 is 12.4. The average Bonchev–Trinajstić information content (AvgIpc) is 2.55. The van der Waals surface area contributed by atoms with Gasteiger partial charge in [-0.2, -0.15) is 0 Å². The zero-order chi connectivity index (χ0) is 19.5. The monoisotopic (exact) mass is 415 g/mol. The highest BCUT2D eigenvalue weighted by molar-refractivity contribution is 7.91. The number of halogens is 2. The maximum atomic E-state index is 13.3. The molecule has 2 N–H and O–H groups in total. The summed E-state index contributed by atoms with van der Waals surface area (Å²) in [4.78, 5) is 11.3. The zero-order valence-electron chi connectivity index (χ0n) is 14.3. The summed E-state index contributed by atoms with van der Waals surface area (Å²) in [6.07, 6.45) is -1.03. The van der Waals surface area contributed by atoms with Gasteiger partial charge < -0.3 is 10.5 Å². The number of hydrogen-bond acceptors (Lipinski definition) is 4. The highest BCUT2D eigenvalue weighted by Crippen LogP contribution is 2.41. The number of rotatable bonds is 6. The molecule has 1 unspecified atom stereocenters. The molecule has 0 aliphatic carbocycles. The number of amides is 1. The van der Waals surface area contributed by atoms with Crippen molar-refractivity contribution in [2.24, 2.45) is 5.73 Å². The van der Waals surface area contributed by atoms with E-state index in [1.54, 1.807) is 50.2 Å². The lowest BCUT2D eigenvalue weighted by molar-refractivity contribution is 0.0382. The molecule has 0 radical (unpaired) electrons. The molecule has 0 saturated heterocycles. The smallest absolute Gasteiger partial charge is 0.405 e. The number of carbonyl (C=O) groups excluding carboxylic acids is 1. The van der Waals surface area contributed by atoms with E-state index in [0.717, 1.165) is 0 Å². The maximum absolute atomic E-state index is 13.3. The lowest BCUT2D eigenvalue weighted by atomic mass is 9.98. The van der Waals surface area contributed by atoms with Crippen LogP contribution < -0.4 is 5.73 Å². The number of sulfone groups is 1. The van der Waals surface area contributed by atoms with E-state index in [1.807, 2.05) is 0 Å². The Morgan fingerprint density at radius 2 is 1.73 bits per heavy atom. The minimum Gasteiger partial charge on any atom is -0.444 e. The van der Waals surface area contributed by atoms with Crippen LogP contribution in [0, 0.1) is 0 Å². The summed E-state index contributed by atoms with van der Waals surface area (Å²) in [6.45, 7) is 3.17. The lowest BCUT2D eigenvalue weighted by Gasteiger charge is -2.29. The van der Waals surface area contributed by atoms with Crippen LogP contribution in [-0.2, 0) is 14.6 Å². The highest BCUT2D eigenvalue weighted by Gasteiger charge is 2.37. The van der Waals surface area contributed by atoms with E-state index in [1.165, 1.54) is 12.1 Å². The molecule has 0 heterocycles. The average molecular weight is 416 g/mol. The van der Waals surface area contributed by atoms with Gasteiger partial charge in [0.25, 0.3) is 0 Å². The summed E-state index contributed by atoms with van der Waals surface area (Å²) < 4.78 is 31.7. The number of nitrogens with two attached hydrogens (primary N) is 1. The van der Waals surface area contributed by atoms with Crippen LogP contribution >= 0.6 is 23.2 Å². The van der Waals surface area contributed by atoms with Gasteiger partial charge in [0.2, 0.25) is 0 Å². The van der Waals surface area contributed by atoms with Crippen molar-refractivity contribution in [1.82, 2.24) is 0 Å². The summed E-state index contributed by atoms with van der Waals surface area (Å²) in [5.41, 5.74) is 4.31. The second-order valence-corrected chi connectivity index (χ2v) is 9.29. The molecule has 0 fully saturated rings. The molecule has 2 rings (SSSR count). The fourth-order valence-electron chi connectivity index (χ4n) is 2.69. The quantitative estimate of drug-likeness (QED) is 0.735. The zero-order valence-corrected chi connectivity index (χ0v) is 16.6. The molecule has 1 amide bonds. The van der Waals surface area contributed by atoms with Crippen molar-refractivity contribution in [2.75, 3.05) is 0 Å². The Morgan fingerprint density at radius 3 is 2.31 bits per heavy atom. The molecule has 26 heavy (non-hydrogen) atoms. The van der Waals surface area contributed by atoms with Gasteiger partial charge in [0.15, 0.2) is 9.84 Å². The van der Waals surface area contributed by atoms with Gasteiger partial charge in [-0.1, -0.05) is 53.5 Å². The predicted octanol–water partition coefficient (Wildman–Crippen LogP) is 4.77. The first-order valence-electron chi connectivity index (χ1n) is 7.76. The fraction of sp³-hybridized carbons (Fsp3) is 0.278. The Bertz CT molecular complexity index is 899. The minimum absolute atomic E-state index is 0.0484. The fourth-order valence-corrected chi connectivity index (χ4v) is 5.21. The molecule has 0 bridgehead atoms. The summed E-state index contributed by atoms with van der Waals surface area (Å²) in [5.74, 6) is 0. The van der Waals surface area contributed by atoms with Crippen molar-refractivity contribution in [3.8, 4) is 0 Å². The van der Waals surface area contributed by atoms with Crippen molar-refractivity contribution >= 4 is 39.1 Å². The van der Waals surface area contributed by atoms with Crippen molar-refractivity contribution in [3.63, 3.8) is 0 Å². The SMILES string of the molecule is CC(C)(CC(c1cccc(Cl)c1Cl)S(=O)(=O)c1ccccc1)OC(N)=O. The highest BCUT2D eigenvalue weighted by atomic mass is 35.5. The van der Waals surface area contributed by atoms with Crippen molar-refractivity contribution in [3.05, 3.63) is 64.1 Å². The van der Waals surface area contributed by atoms with Crippen LogP contribution in [0.1, 0.15) is 31.1 Å². The predicted molar refractivity (Wildman–Crippen MR) is 102 cm³/mol. The molecule has 0 aromatic heterocycles. The summed E-state index contributed by atoms with van der Waals surface area (Å²) in [6, 6.07) is 12.8. The van der Waals surface area contributed by atoms with Gasteiger partial charge in [-0.25, -0.2) is 13.2 Å². The van der Waals surface area contributed by atoms with E-state index in [-0.39, 0.29) is 21.4 Å². The number of carbonyl (C=O) groups is 1. The first-order valence-corrected chi connectivity index (χ1v) is 10.1. The van der Waals surface area contributed by atoms with Gasteiger partial charge in [-0.3, -0.25) is 0 Å². The third-order valence-electron chi connectivity index (χ3n) is 3.83. The second-order valence-electron chi connectivity index (χ2n) is 6.37. The Kier molecular flexibility index (Phi) is 6.21. The maximum Gasteiger partial charge on any atom is 0.405 e. The van der Waals surface area contributed by atoms with Crippen LogP contribution in [0.3, 0.4) is 0 Å². The molecule has 5 nitrogen and oxygen atoms in total. The second kappa shape index (κ2) is 7.86. The molecular formula is C18H19Cl2NO4S. The van der Waals surface area contributed by atoms with Crippen LogP contribution in [0.5, 0.6) is 0 Å². The van der Waals surface area contributed by atoms with Gasteiger partial charge in [-0.15, -0.1) is 0 Å². The number of primary amides is 1. The molecule has 8 heteroatoms. The molecule has 0 aliphatic rings. The summed E-state index contributed by atoms with van der Waals surface area (Å²) in [5, 5.41) is -0.690. The van der Waals surface area contributed by atoms with E-state index >= 15 is 0 Å². The first kappa shape index (κ1) is 20.6. The van der Waals surface area contributed by atoms with Gasteiger partial charge in [-0.05, 0) is 37.6 Å². The van der Waals surface area contributed by atoms with Crippen LogP contribution in [0.15, 0.2) is 53.4 Å². The molecule has 0 aliphatic heterocycles. The minimum atomic E-state index is -3.84. The van der Waals surface area contributed by atoms with Gasteiger partial charge in [0, 0.05) is 6.42 Å². The Labute approximate surface area is 163 Å². The van der Waals surface area contributed by atoms with Crippen LogP contribution in [-0.4, -0.2) is 20.1 Å². The van der Waals surface area contributed by atoms with E-state index in [4.69, 9.17) is 33.7 Å². The third kappa shape index (κ3) is 4.69. The Hall–Kier alpha value is -1.76. The van der Waals surface area contributed by atoms with E-state index in [2.05, 4.69) is 0 Å². The summed E-state index contributed by atoms with van der Waals surface area (Å²) in [7, 11) is -3.84. The van der Waals surface area contributed by atoms with Crippen molar-refractivity contribution < 1.29 is 17.9 Å². The molecule has 2 aromatic carbocycles. The first-order chi connectivity index (χ1) is 12.0. The Morgan fingerprint density at radius 1 is 1.12 bits per heavy atom. The molecule has 0 spiro atoms. The van der Waals surface area contributed by atoms with Crippen LogP contribution in [0.25, 0.3) is 0 Å². The molecule has 2 aromatic rings. The van der Waals surface area contributed by atoms with Crippen LogP contribution in [0.4, 0.5) is 4.79 Å². The number of hydrogen-bond donors (Lipinski definition) is 1. The number of benzene rings is 2. The van der Waals surface area contributed by atoms with Crippen molar-refractivity contribution in [2.45, 2.75) is 36.0 Å². The van der Waals surface area contributed by atoms with E-state index in [0.29, 0.717) is 5.56 Å². The molecule has 1 atom stereocenters.